The number of carbonyl (C=O) groups is 2. The van der Waals surface area contributed by atoms with Crippen molar-refractivity contribution in [3.05, 3.63) is 90.0 Å². The number of hydrogen-bond donors (Lipinski definition) is 1. The third-order valence-corrected chi connectivity index (χ3v) is 4.01. The molecule has 3 aromatic carbocycles. The van der Waals surface area contributed by atoms with Crippen molar-refractivity contribution >= 4 is 18.1 Å². The molecule has 0 aliphatic heterocycles. The zero-order valence-corrected chi connectivity index (χ0v) is 17.0. The van der Waals surface area contributed by atoms with E-state index in [1.165, 1.54) is 6.21 Å². The van der Waals surface area contributed by atoms with Crippen molar-refractivity contribution < 1.29 is 23.8 Å². The van der Waals surface area contributed by atoms with E-state index in [0.29, 0.717) is 29.4 Å². The fraction of sp³-hybridized carbons (Fsp3) is 0.125. The number of nitrogens with zero attached hydrogens (tertiary/aromatic N) is 1. The molecule has 0 atom stereocenters. The average Bonchev–Trinajstić information content (AvgIpc) is 2.80. The summed E-state index contributed by atoms with van der Waals surface area (Å²) in [6.07, 6.45) is 1.48. The zero-order chi connectivity index (χ0) is 21.9. The molecule has 0 unspecified atom stereocenters. The summed E-state index contributed by atoms with van der Waals surface area (Å²) in [5, 5.41) is 3.89. The van der Waals surface area contributed by atoms with E-state index in [-0.39, 0.29) is 12.5 Å². The number of nitrogens with one attached hydrogen (secondary N) is 1. The maximum absolute atomic E-state index is 12.2. The highest BCUT2D eigenvalue weighted by Gasteiger charge is 2.09. The minimum atomic E-state index is -0.463. The third-order valence-electron chi connectivity index (χ3n) is 4.01. The summed E-state index contributed by atoms with van der Waals surface area (Å²) in [4.78, 5) is 24.0. The minimum Gasteiger partial charge on any atom is -0.494 e. The molecule has 3 rings (SSSR count). The van der Waals surface area contributed by atoms with Crippen molar-refractivity contribution in [2.45, 2.75) is 6.92 Å². The molecule has 1 N–H and O–H groups in total. The van der Waals surface area contributed by atoms with Gasteiger partial charge >= 0.3 is 5.97 Å². The number of hydrazone groups is 1. The van der Waals surface area contributed by atoms with Crippen molar-refractivity contribution in [2.75, 3.05) is 13.2 Å². The number of rotatable bonds is 9. The summed E-state index contributed by atoms with van der Waals surface area (Å²) in [7, 11) is 0. The molecule has 7 heteroatoms. The van der Waals surface area contributed by atoms with Crippen molar-refractivity contribution in [1.82, 2.24) is 5.43 Å². The molecule has 3 aromatic rings. The second-order valence-electron chi connectivity index (χ2n) is 6.31. The Morgan fingerprint density at radius 2 is 1.48 bits per heavy atom. The summed E-state index contributed by atoms with van der Waals surface area (Å²) in [5.41, 5.74) is 3.55. The van der Waals surface area contributed by atoms with Gasteiger partial charge < -0.3 is 14.2 Å². The molecule has 0 saturated carbocycles. The predicted molar refractivity (Wildman–Crippen MR) is 117 cm³/mol. The maximum Gasteiger partial charge on any atom is 0.343 e. The molecule has 0 spiro atoms. The Balaban J connectivity index is 1.45. The Labute approximate surface area is 180 Å². The van der Waals surface area contributed by atoms with E-state index < -0.39 is 5.97 Å². The van der Waals surface area contributed by atoms with Crippen LogP contribution in [0.25, 0.3) is 0 Å². The predicted octanol–water partition coefficient (Wildman–Crippen LogP) is 3.83. The van der Waals surface area contributed by atoms with E-state index in [2.05, 4.69) is 10.5 Å². The number of ether oxygens (including phenoxy) is 3. The molecular weight excluding hydrogens is 396 g/mol. The van der Waals surface area contributed by atoms with Crippen LogP contribution in [0.5, 0.6) is 17.2 Å². The van der Waals surface area contributed by atoms with Crippen LogP contribution in [-0.2, 0) is 4.79 Å². The van der Waals surface area contributed by atoms with Gasteiger partial charge in [0.25, 0.3) is 5.91 Å². The first-order chi connectivity index (χ1) is 15.1. The lowest BCUT2D eigenvalue weighted by Crippen LogP contribution is -2.24. The molecule has 7 nitrogen and oxygen atoms in total. The van der Waals surface area contributed by atoms with E-state index in [4.69, 9.17) is 14.2 Å². The molecule has 0 aromatic heterocycles. The monoisotopic (exact) mass is 418 g/mol. The van der Waals surface area contributed by atoms with Crippen LogP contribution in [-0.4, -0.2) is 31.3 Å². The molecular formula is C24H22N2O5. The van der Waals surface area contributed by atoms with Crippen LogP contribution in [0, 0.1) is 0 Å². The molecule has 0 aliphatic carbocycles. The standard InChI is InChI=1S/C24H22N2O5/c1-2-29-21-14-10-19(11-15-21)24(28)31-22-12-8-18(9-13-22)16-25-26-23(27)17-30-20-6-4-3-5-7-20/h3-16H,2,17H2,1H3,(H,26,27)/b25-16+. The highest BCUT2D eigenvalue weighted by Crippen LogP contribution is 2.16. The van der Waals surface area contributed by atoms with E-state index in [1.54, 1.807) is 60.7 Å². The smallest absolute Gasteiger partial charge is 0.343 e. The van der Waals surface area contributed by atoms with Gasteiger partial charge in [0, 0.05) is 0 Å². The largest absolute Gasteiger partial charge is 0.494 e. The van der Waals surface area contributed by atoms with E-state index >= 15 is 0 Å². The number of para-hydroxylation sites is 1. The van der Waals surface area contributed by atoms with Gasteiger partial charge in [0.1, 0.15) is 17.2 Å². The summed E-state index contributed by atoms with van der Waals surface area (Å²) in [5.74, 6) is 0.867. The number of esters is 1. The second kappa shape index (κ2) is 11.2. The highest BCUT2D eigenvalue weighted by atomic mass is 16.5. The number of hydrogen-bond acceptors (Lipinski definition) is 6. The van der Waals surface area contributed by atoms with Crippen LogP contribution in [0.4, 0.5) is 0 Å². The van der Waals surface area contributed by atoms with Crippen LogP contribution >= 0.6 is 0 Å². The first-order valence-electron chi connectivity index (χ1n) is 9.69. The van der Waals surface area contributed by atoms with Gasteiger partial charge in [0.2, 0.25) is 0 Å². The first kappa shape index (κ1) is 21.6. The quantitative estimate of drug-likeness (QED) is 0.247. The van der Waals surface area contributed by atoms with E-state index in [9.17, 15) is 9.59 Å². The van der Waals surface area contributed by atoms with Gasteiger partial charge in [0.05, 0.1) is 18.4 Å². The molecule has 0 saturated heterocycles. The molecule has 158 valence electrons. The Bertz CT molecular complexity index is 1020. The Kier molecular flexibility index (Phi) is 7.77. The Morgan fingerprint density at radius 3 is 2.16 bits per heavy atom. The first-order valence-corrected chi connectivity index (χ1v) is 9.69. The van der Waals surface area contributed by atoms with Crippen LogP contribution in [0.3, 0.4) is 0 Å². The second-order valence-corrected chi connectivity index (χ2v) is 6.31. The van der Waals surface area contributed by atoms with Gasteiger partial charge in [-0.3, -0.25) is 4.79 Å². The highest BCUT2D eigenvalue weighted by molar-refractivity contribution is 5.91. The van der Waals surface area contributed by atoms with Crippen molar-refractivity contribution in [1.29, 1.82) is 0 Å². The van der Waals surface area contributed by atoms with Crippen molar-refractivity contribution in [2.24, 2.45) is 5.10 Å². The zero-order valence-electron chi connectivity index (χ0n) is 17.0. The van der Waals surface area contributed by atoms with Gasteiger partial charge in [-0.05, 0) is 73.2 Å². The molecule has 0 aliphatic rings. The summed E-state index contributed by atoms with van der Waals surface area (Å²) < 4.78 is 16.1. The number of carbonyl (C=O) groups excluding carboxylic acids is 2. The van der Waals surface area contributed by atoms with Gasteiger partial charge in [-0.15, -0.1) is 0 Å². The lowest BCUT2D eigenvalue weighted by molar-refractivity contribution is -0.123. The van der Waals surface area contributed by atoms with E-state index in [1.807, 2.05) is 25.1 Å². The molecule has 0 radical (unpaired) electrons. The Morgan fingerprint density at radius 1 is 0.839 bits per heavy atom. The van der Waals surface area contributed by atoms with Crippen LogP contribution in [0.1, 0.15) is 22.8 Å². The average molecular weight is 418 g/mol. The third kappa shape index (κ3) is 7.01. The maximum atomic E-state index is 12.2. The van der Waals surface area contributed by atoms with Gasteiger partial charge in [-0.25, -0.2) is 10.2 Å². The SMILES string of the molecule is CCOc1ccc(C(=O)Oc2ccc(/C=N/NC(=O)COc3ccccc3)cc2)cc1. The van der Waals surface area contributed by atoms with E-state index in [0.717, 1.165) is 5.56 Å². The Hall–Kier alpha value is -4.13. The summed E-state index contributed by atoms with van der Waals surface area (Å²) in [6.45, 7) is 2.32. The lowest BCUT2D eigenvalue weighted by Gasteiger charge is -2.06. The summed E-state index contributed by atoms with van der Waals surface area (Å²) >= 11 is 0. The molecule has 0 fully saturated rings. The fourth-order valence-corrected chi connectivity index (χ4v) is 2.52. The molecule has 1 amide bonds. The van der Waals surface area contributed by atoms with Crippen molar-refractivity contribution in [3.8, 4) is 17.2 Å². The lowest BCUT2D eigenvalue weighted by atomic mass is 10.2. The normalized spacial score (nSPS) is 10.5. The topological polar surface area (TPSA) is 86.2 Å². The van der Waals surface area contributed by atoms with Gasteiger partial charge in [0.15, 0.2) is 6.61 Å². The molecule has 0 bridgehead atoms. The molecule has 0 heterocycles. The van der Waals surface area contributed by atoms with Crippen LogP contribution in [0.2, 0.25) is 0 Å². The van der Waals surface area contributed by atoms with Crippen LogP contribution < -0.4 is 19.6 Å². The van der Waals surface area contributed by atoms with Gasteiger partial charge in [-0.1, -0.05) is 18.2 Å². The summed E-state index contributed by atoms with van der Waals surface area (Å²) in [6, 6.07) is 22.5. The van der Waals surface area contributed by atoms with Crippen molar-refractivity contribution in [3.63, 3.8) is 0 Å². The number of amides is 1. The van der Waals surface area contributed by atoms with Crippen LogP contribution in [0.15, 0.2) is 84.0 Å². The number of benzene rings is 3. The minimum absolute atomic E-state index is 0.137. The van der Waals surface area contributed by atoms with Gasteiger partial charge in [-0.2, -0.15) is 5.10 Å². The fourth-order valence-electron chi connectivity index (χ4n) is 2.52. The molecule has 31 heavy (non-hydrogen) atoms.